The highest BCUT2D eigenvalue weighted by Crippen LogP contribution is 2.47. The van der Waals surface area contributed by atoms with E-state index < -0.39 is 45.4 Å². The van der Waals surface area contributed by atoms with E-state index in [4.69, 9.17) is 4.74 Å². The Bertz CT molecular complexity index is 896. The molecule has 182 valence electrons. The first-order valence-electron chi connectivity index (χ1n) is 11.3. The third-order valence-corrected chi connectivity index (χ3v) is 6.53. The number of quaternary nitrogens is 1. The van der Waals surface area contributed by atoms with Crippen LogP contribution in [0.3, 0.4) is 0 Å². The topological polar surface area (TPSA) is 121 Å². The predicted octanol–water partition coefficient (Wildman–Crippen LogP) is 3.68. The maximum atomic E-state index is 14.0. The first-order valence-corrected chi connectivity index (χ1v) is 11.3. The number of carbonyl (C=O) groups is 4. The van der Waals surface area contributed by atoms with Crippen LogP contribution in [0.1, 0.15) is 59.4 Å². The second-order valence-corrected chi connectivity index (χ2v) is 9.45. The zero-order valence-electron chi connectivity index (χ0n) is 20.0. The molecule has 1 heterocycles. The minimum Gasteiger partial charge on any atom is -0.479 e. The minimum atomic E-state index is -1.85. The summed E-state index contributed by atoms with van der Waals surface area (Å²) in [5, 5.41) is 22.0. The van der Waals surface area contributed by atoms with Crippen LogP contribution in [0.2, 0.25) is 0 Å². The van der Waals surface area contributed by atoms with Crippen LogP contribution in [0.15, 0.2) is 30.3 Å². The average Bonchev–Trinajstić information content (AvgIpc) is 2.73. The monoisotopic (exact) mass is 463 g/mol. The van der Waals surface area contributed by atoms with Crippen molar-refractivity contribution in [1.29, 1.82) is 0 Å². The first-order chi connectivity index (χ1) is 15.4. The van der Waals surface area contributed by atoms with Crippen molar-refractivity contribution < 1.29 is 38.7 Å². The first kappa shape index (κ1) is 26.3. The summed E-state index contributed by atoms with van der Waals surface area (Å²) in [5.41, 5.74) is -2.25. The summed E-state index contributed by atoms with van der Waals surface area (Å²) >= 11 is 0. The van der Waals surface area contributed by atoms with Crippen LogP contribution < -0.4 is 0 Å². The van der Waals surface area contributed by atoms with Crippen LogP contribution in [0.4, 0.5) is 4.79 Å². The molecule has 1 fully saturated rings. The van der Waals surface area contributed by atoms with E-state index in [9.17, 15) is 29.4 Å². The Morgan fingerprint density at radius 2 is 1.73 bits per heavy atom. The summed E-state index contributed by atoms with van der Waals surface area (Å²) < 4.78 is 4.15. The Morgan fingerprint density at radius 3 is 2.18 bits per heavy atom. The summed E-state index contributed by atoms with van der Waals surface area (Å²) in [7, 11) is 0. The van der Waals surface area contributed by atoms with Crippen molar-refractivity contribution in [2.45, 2.75) is 66.0 Å². The summed E-state index contributed by atoms with van der Waals surface area (Å²) in [6.45, 7) is 8.20. The molecule has 0 bridgehead atoms. The number of nitrogens with zero attached hydrogens (tertiary/aromatic N) is 2. The molecule has 0 saturated carbocycles. The van der Waals surface area contributed by atoms with E-state index >= 15 is 0 Å². The number of carbonyl (C=O) groups excluding carboxylic acids is 2. The molecule has 9 heteroatoms. The van der Waals surface area contributed by atoms with Gasteiger partial charge in [0.05, 0.1) is 6.61 Å². The predicted molar refractivity (Wildman–Crippen MR) is 120 cm³/mol. The van der Waals surface area contributed by atoms with Gasteiger partial charge in [-0.2, -0.15) is 9.80 Å². The van der Waals surface area contributed by atoms with Gasteiger partial charge in [-0.25, -0.2) is 4.79 Å². The maximum absolute atomic E-state index is 14.0. The number of aliphatic carboxylic acids is 1. The van der Waals surface area contributed by atoms with Crippen LogP contribution in [-0.2, 0) is 25.7 Å². The molecule has 3 atom stereocenters. The van der Waals surface area contributed by atoms with Crippen LogP contribution in [0.25, 0.3) is 0 Å². The molecule has 1 aromatic carbocycles. The lowest BCUT2D eigenvalue weighted by molar-refractivity contribution is -0.985. The number of amides is 2. The molecule has 3 unspecified atom stereocenters. The molecular weight excluding hydrogens is 428 g/mol. The van der Waals surface area contributed by atoms with Crippen molar-refractivity contribution in [1.82, 2.24) is 5.01 Å². The normalized spacial score (nSPS) is 24.1. The summed E-state index contributed by atoms with van der Waals surface area (Å²) in [5.74, 6) is -4.23. The lowest BCUT2D eigenvalue weighted by Gasteiger charge is -2.57. The van der Waals surface area contributed by atoms with Crippen molar-refractivity contribution >= 4 is 23.9 Å². The van der Waals surface area contributed by atoms with Crippen molar-refractivity contribution in [3.8, 4) is 0 Å². The van der Waals surface area contributed by atoms with Gasteiger partial charge in [0.15, 0.2) is 5.54 Å². The van der Waals surface area contributed by atoms with Crippen molar-refractivity contribution in [3.05, 3.63) is 35.9 Å². The van der Waals surface area contributed by atoms with Gasteiger partial charge in [-0.3, -0.25) is 9.59 Å². The molecule has 0 aromatic heterocycles. The SMILES string of the molecule is CCOC(=O)C(CC)C(=O)N1C(C(=O)O)(C(C)(C)C)CCC[N+]1(Cc1ccccc1)C(=O)O. The lowest BCUT2D eigenvalue weighted by Crippen LogP contribution is -2.80. The van der Waals surface area contributed by atoms with E-state index in [1.54, 1.807) is 65.0 Å². The highest BCUT2D eigenvalue weighted by atomic mass is 16.5. The standard InChI is InChI=1S/C24H34N2O7/c1-6-18(20(28)33-7-2)19(27)25-24(21(29)30,23(3,4)5)14-11-15-26(25,22(31)32)16-17-12-9-8-10-13-17/h8-10,12-13,18H,6-7,11,14-16H2,1-5H3,(H-,29,30,31,32)/p+1. The molecule has 2 N–H and O–H groups in total. The third-order valence-electron chi connectivity index (χ3n) is 6.53. The van der Waals surface area contributed by atoms with Crippen molar-refractivity contribution in [2.24, 2.45) is 11.3 Å². The Kier molecular flexibility index (Phi) is 7.90. The van der Waals surface area contributed by atoms with Gasteiger partial charge < -0.3 is 14.9 Å². The van der Waals surface area contributed by atoms with Gasteiger partial charge in [0, 0.05) is 17.4 Å². The molecule has 9 nitrogen and oxygen atoms in total. The van der Waals surface area contributed by atoms with Gasteiger partial charge in [-0.15, -0.1) is 4.59 Å². The second kappa shape index (κ2) is 9.91. The molecule has 2 rings (SSSR count). The molecule has 1 aliphatic rings. The van der Waals surface area contributed by atoms with E-state index in [-0.39, 0.29) is 39.0 Å². The van der Waals surface area contributed by atoms with Gasteiger partial charge in [-0.1, -0.05) is 58.0 Å². The number of ether oxygens (including phenoxy) is 1. The number of rotatable bonds is 7. The zero-order valence-corrected chi connectivity index (χ0v) is 20.0. The third kappa shape index (κ3) is 4.59. The molecule has 0 radical (unpaired) electrons. The van der Waals surface area contributed by atoms with Crippen LogP contribution >= 0.6 is 0 Å². The fourth-order valence-electron chi connectivity index (χ4n) is 4.83. The highest BCUT2D eigenvalue weighted by molar-refractivity contribution is 6.00. The van der Waals surface area contributed by atoms with Gasteiger partial charge in [0.1, 0.15) is 19.0 Å². The fourth-order valence-corrected chi connectivity index (χ4v) is 4.83. The van der Waals surface area contributed by atoms with Gasteiger partial charge in [0.25, 0.3) is 5.91 Å². The van der Waals surface area contributed by atoms with Crippen molar-refractivity contribution in [3.63, 3.8) is 0 Å². The minimum absolute atomic E-state index is 0.0142. The molecule has 1 aliphatic heterocycles. The molecule has 33 heavy (non-hydrogen) atoms. The van der Waals surface area contributed by atoms with Crippen LogP contribution in [-0.4, -0.2) is 62.4 Å². The van der Waals surface area contributed by atoms with Crippen LogP contribution in [0, 0.1) is 11.3 Å². The van der Waals surface area contributed by atoms with E-state index in [1.165, 1.54) is 0 Å². The highest BCUT2D eigenvalue weighted by Gasteiger charge is 2.68. The largest absolute Gasteiger partial charge is 0.539 e. The summed E-state index contributed by atoms with van der Waals surface area (Å²) in [4.78, 5) is 52.5. The van der Waals surface area contributed by atoms with Crippen molar-refractivity contribution in [2.75, 3.05) is 13.2 Å². The van der Waals surface area contributed by atoms with E-state index in [0.717, 1.165) is 5.01 Å². The number of carboxylic acids is 1. The van der Waals surface area contributed by atoms with Gasteiger partial charge in [-0.05, 0) is 19.8 Å². The number of carboxylic acid groups (broad SMARTS) is 2. The Balaban J connectivity index is 2.83. The number of hydrogen-bond donors (Lipinski definition) is 2. The quantitative estimate of drug-likeness (QED) is 0.359. The van der Waals surface area contributed by atoms with E-state index in [2.05, 4.69) is 0 Å². The Labute approximate surface area is 194 Å². The number of benzene rings is 1. The summed E-state index contributed by atoms with van der Waals surface area (Å²) in [6, 6.07) is 8.78. The molecule has 0 spiro atoms. The number of hydrogen-bond acceptors (Lipinski definition) is 5. The zero-order chi connectivity index (χ0) is 25.0. The van der Waals surface area contributed by atoms with E-state index in [1.807, 2.05) is 0 Å². The molecule has 1 aromatic rings. The fraction of sp³-hybridized carbons (Fsp3) is 0.583. The molecular formula is C24H35N2O7+. The average molecular weight is 464 g/mol. The van der Waals surface area contributed by atoms with Gasteiger partial charge >= 0.3 is 18.0 Å². The van der Waals surface area contributed by atoms with Gasteiger partial charge in [0.2, 0.25) is 0 Å². The van der Waals surface area contributed by atoms with Crippen LogP contribution in [0.5, 0.6) is 0 Å². The molecule has 1 saturated heterocycles. The smallest absolute Gasteiger partial charge is 0.479 e. The Morgan fingerprint density at radius 1 is 1.12 bits per heavy atom. The molecule has 0 aliphatic carbocycles. The number of esters is 1. The lowest BCUT2D eigenvalue weighted by atomic mass is 9.68. The summed E-state index contributed by atoms with van der Waals surface area (Å²) in [6.07, 6.45) is -0.943. The Hall–Kier alpha value is -2.94. The van der Waals surface area contributed by atoms with E-state index in [0.29, 0.717) is 5.56 Å². The maximum Gasteiger partial charge on any atom is 0.539 e. The second-order valence-electron chi connectivity index (χ2n) is 9.45. The molecule has 2 amide bonds.